The van der Waals surface area contributed by atoms with Crippen LogP contribution >= 0.6 is 0 Å². The summed E-state index contributed by atoms with van der Waals surface area (Å²) in [7, 11) is 0. The van der Waals surface area contributed by atoms with Crippen molar-refractivity contribution in [1.82, 2.24) is 0 Å². The molecule has 2 unspecified atom stereocenters. The van der Waals surface area contributed by atoms with Crippen molar-refractivity contribution in [2.45, 2.75) is 59.4 Å². The topological polar surface area (TPSA) is 18.5 Å². The Hall–Kier alpha value is -0.760. The van der Waals surface area contributed by atoms with E-state index in [9.17, 15) is 0 Å². The van der Waals surface area contributed by atoms with Gasteiger partial charge in [0, 0.05) is 0 Å². The molecule has 0 saturated carbocycles. The molecule has 0 amide bonds. The first kappa shape index (κ1) is 13.3. The zero-order chi connectivity index (χ0) is 12.2. The molecule has 0 saturated heterocycles. The molecule has 2 heteroatoms. The van der Waals surface area contributed by atoms with Gasteiger partial charge in [0.15, 0.2) is 6.29 Å². The van der Waals surface area contributed by atoms with Crippen LogP contribution in [0.1, 0.15) is 47.5 Å². The Morgan fingerprint density at radius 2 is 2.12 bits per heavy atom. The van der Waals surface area contributed by atoms with E-state index in [0.29, 0.717) is 5.92 Å². The average Bonchev–Trinajstić information content (AvgIpc) is 2.16. The van der Waals surface area contributed by atoms with E-state index < -0.39 is 0 Å². The monoisotopic (exact) mass is 224 g/mol. The second-order valence-corrected chi connectivity index (χ2v) is 5.29. The Morgan fingerprint density at radius 1 is 1.44 bits per heavy atom. The van der Waals surface area contributed by atoms with Gasteiger partial charge in [0.2, 0.25) is 0 Å². The molecule has 16 heavy (non-hydrogen) atoms. The fourth-order valence-corrected chi connectivity index (χ4v) is 1.75. The van der Waals surface area contributed by atoms with Gasteiger partial charge in [0.05, 0.1) is 5.60 Å². The van der Waals surface area contributed by atoms with E-state index in [0.717, 1.165) is 12.2 Å². The molecule has 0 radical (unpaired) electrons. The SMILES string of the molecule is CCC1C=CC(OC(C)OC(C)(C)C)=CC1. The molecule has 1 rings (SSSR count). The van der Waals surface area contributed by atoms with E-state index in [2.05, 4.69) is 25.2 Å². The molecule has 0 fully saturated rings. The van der Waals surface area contributed by atoms with E-state index in [4.69, 9.17) is 9.47 Å². The average molecular weight is 224 g/mol. The number of rotatable bonds is 4. The Morgan fingerprint density at radius 3 is 2.56 bits per heavy atom. The number of hydrogen-bond donors (Lipinski definition) is 0. The van der Waals surface area contributed by atoms with Crippen molar-refractivity contribution in [3.05, 3.63) is 24.0 Å². The highest BCUT2D eigenvalue weighted by Crippen LogP contribution is 2.21. The van der Waals surface area contributed by atoms with Crippen LogP contribution < -0.4 is 0 Å². The van der Waals surface area contributed by atoms with Crippen LogP contribution in [0, 0.1) is 5.92 Å². The molecule has 0 aromatic carbocycles. The van der Waals surface area contributed by atoms with E-state index in [1.807, 2.05) is 27.7 Å². The largest absolute Gasteiger partial charge is 0.466 e. The summed E-state index contributed by atoms with van der Waals surface area (Å²) in [5.74, 6) is 1.60. The van der Waals surface area contributed by atoms with Gasteiger partial charge in [-0.2, -0.15) is 0 Å². The first-order valence-corrected chi connectivity index (χ1v) is 6.13. The lowest BCUT2D eigenvalue weighted by atomic mass is 9.98. The number of ether oxygens (including phenoxy) is 2. The van der Waals surface area contributed by atoms with Gasteiger partial charge in [-0.15, -0.1) is 0 Å². The maximum Gasteiger partial charge on any atom is 0.197 e. The molecule has 0 aliphatic heterocycles. The van der Waals surface area contributed by atoms with Gasteiger partial charge in [0.1, 0.15) is 5.76 Å². The van der Waals surface area contributed by atoms with Crippen LogP contribution in [0.15, 0.2) is 24.0 Å². The summed E-state index contributed by atoms with van der Waals surface area (Å²) >= 11 is 0. The maximum absolute atomic E-state index is 5.71. The smallest absolute Gasteiger partial charge is 0.197 e. The molecular weight excluding hydrogens is 200 g/mol. The molecule has 0 aromatic rings. The molecule has 92 valence electrons. The van der Waals surface area contributed by atoms with E-state index >= 15 is 0 Å². The van der Waals surface area contributed by atoms with Crippen molar-refractivity contribution in [1.29, 1.82) is 0 Å². The minimum Gasteiger partial charge on any atom is -0.466 e. The summed E-state index contributed by atoms with van der Waals surface area (Å²) in [6, 6.07) is 0. The minimum absolute atomic E-state index is 0.162. The Labute approximate surface area is 99.3 Å². The second kappa shape index (κ2) is 5.53. The zero-order valence-corrected chi connectivity index (χ0v) is 11.1. The minimum atomic E-state index is -0.200. The third-order valence-corrected chi connectivity index (χ3v) is 2.50. The van der Waals surface area contributed by atoms with Crippen molar-refractivity contribution in [3.8, 4) is 0 Å². The molecule has 1 aliphatic rings. The van der Waals surface area contributed by atoms with Crippen LogP contribution in [0.25, 0.3) is 0 Å². The third kappa shape index (κ3) is 4.84. The molecule has 0 N–H and O–H groups in total. The van der Waals surface area contributed by atoms with Crippen LogP contribution in [0.5, 0.6) is 0 Å². The third-order valence-electron chi connectivity index (χ3n) is 2.50. The number of hydrogen-bond acceptors (Lipinski definition) is 2. The molecule has 0 heterocycles. The Kier molecular flexibility index (Phi) is 4.60. The summed E-state index contributed by atoms with van der Waals surface area (Å²) in [6.45, 7) is 10.2. The molecule has 0 spiro atoms. The highest BCUT2D eigenvalue weighted by atomic mass is 16.7. The van der Waals surface area contributed by atoms with E-state index in [-0.39, 0.29) is 11.9 Å². The summed E-state index contributed by atoms with van der Waals surface area (Å²) < 4.78 is 11.4. The lowest BCUT2D eigenvalue weighted by Gasteiger charge is -2.26. The van der Waals surface area contributed by atoms with Gasteiger partial charge in [0.25, 0.3) is 0 Å². The summed E-state index contributed by atoms with van der Waals surface area (Å²) in [5.41, 5.74) is -0.162. The standard InChI is InChI=1S/C14H24O2/c1-6-12-7-9-13(10-8-12)15-11(2)16-14(3,4)5/h7,9-12H,6,8H2,1-5H3. The van der Waals surface area contributed by atoms with Crippen LogP contribution in [-0.4, -0.2) is 11.9 Å². The van der Waals surface area contributed by atoms with Crippen LogP contribution in [-0.2, 0) is 9.47 Å². The molecule has 1 aliphatic carbocycles. The fourth-order valence-electron chi connectivity index (χ4n) is 1.75. The highest BCUT2D eigenvalue weighted by Gasteiger charge is 2.17. The summed E-state index contributed by atoms with van der Waals surface area (Å²) in [4.78, 5) is 0. The van der Waals surface area contributed by atoms with Gasteiger partial charge in [-0.25, -0.2) is 0 Å². The fraction of sp³-hybridized carbons (Fsp3) is 0.714. The van der Waals surface area contributed by atoms with Crippen molar-refractivity contribution < 1.29 is 9.47 Å². The first-order valence-electron chi connectivity index (χ1n) is 6.13. The van der Waals surface area contributed by atoms with Gasteiger partial charge < -0.3 is 9.47 Å². The molecular formula is C14H24O2. The lowest BCUT2D eigenvalue weighted by Crippen LogP contribution is -2.27. The Balaban J connectivity index is 2.39. The molecule has 0 aromatic heterocycles. The quantitative estimate of drug-likeness (QED) is 0.671. The van der Waals surface area contributed by atoms with E-state index in [1.54, 1.807) is 0 Å². The van der Waals surface area contributed by atoms with Gasteiger partial charge in [-0.1, -0.05) is 13.0 Å². The predicted octanol–water partition coefficient (Wildman–Crippen LogP) is 4.03. The van der Waals surface area contributed by atoms with Crippen molar-refractivity contribution in [2.75, 3.05) is 0 Å². The highest BCUT2D eigenvalue weighted by molar-refractivity contribution is 5.18. The van der Waals surface area contributed by atoms with Crippen LogP contribution in [0.2, 0.25) is 0 Å². The van der Waals surface area contributed by atoms with E-state index in [1.165, 1.54) is 6.42 Å². The van der Waals surface area contributed by atoms with Gasteiger partial charge in [-0.05, 0) is 58.6 Å². The van der Waals surface area contributed by atoms with Crippen molar-refractivity contribution in [3.63, 3.8) is 0 Å². The van der Waals surface area contributed by atoms with Gasteiger partial charge >= 0.3 is 0 Å². The molecule has 2 nitrogen and oxygen atoms in total. The molecule has 2 atom stereocenters. The normalized spacial score (nSPS) is 22.8. The first-order chi connectivity index (χ1) is 7.40. The summed E-state index contributed by atoms with van der Waals surface area (Å²) in [5, 5.41) is 0. The zero-order valence-electron chi connectivity index (χ0n) is 11.1. The van der Waals surface area contributed by atoms with Crippen LogP contribution in [0.3, 0.4) is 0 Å². The lowest BCUT2D eigenvalue weighted by molar-refractivity contribution is -0.164. The number of allylic oxidation sites excluding steroid dienone is 3. The van der Waals surface area contributed by atoms with Gasteiger partial charge in [-0.3, -0.25) is 0 Å². The van der Waals surface area contributed by atoms with Crippen molar-refractivity contribution >= 4 is 0 Å². The maximum atomic E-state index is 5.71. The predicted molar refractivity (Wildman–Crippen MR) is 67.0 cm³/mol. The van der Waals surface area contributed by atoms with Crippen molar-refractivity contribution in [2.24, 2.45) is 5.92 Å². The molecule has 0 bridgehead atoms. The second-order valence-electron chi connectivity index (χ2n) is 5.29. The Bertz CT molecular complexity index is 271. The van der Waals surface area contributed by atoms with Crippen LogP contribution in [0.4, 0.5) is 0 Å². The summed E-state index contributed by atoms with van der Waals surface area (Å²) in [6.07, 6.45) is 8.49.